The Labute approximate surface area is 186 Å². The van der Waals surface area contributed by atoms with Gasteiger partial charge in [-0.1, -0.05) is 18.2 Å². The maximum atomic E-state index is 13.6. The predicted molar refractivity (Wildman–Crippen MR) is 125 cm³/mol. The number of fused-ring (bicyclic) bond motifs is 1. The molecule has 160 valence electrons. The molecule has 1 saturated heterocycles. The Bertz CT molecular complexity index is 1260. The van der Waals surface area contributed by atoms with Crippen LogP contribution in [-0.4, -0.2) is 56.9 Å². The van der Waals surface area contributed by atoms with E-state index >= 15 is 0 Å². The minimum absolute atomic E-state index is 0.0357. The summed E-state index contributed by atoms with van der Waals surface area (Å²) in [5.74, 6) is 1.73. The van der Waals surface area contributed by atoms with Gasteiger partial charge in [0.15, 0.2) is 0 Å². The number of benzene rings is 1. The van der Waals surface area contributed by atoms with Crippen LogP contribution in [0.5, 0.6) is 0 Å². The summed E-state index contributed by atoms with van der Waals surface area (Å²) < 4.78 is 0. The van der Waals surface area contributed by atoms with Crippen LogP contribution in [0, 0.1) is 13.8 Å². The average Bonchev–Trinajstić information content (AvgIpc) is 2.83. The molecule has 1 fully saturated rings. The first-order chi connectivity index (χ1) is 15.6. The number of piperazine rings is 1. The number of nitrogens with zero attached hydrogens (tertiary/aromatic N) is 6. The molecule has 4 aromatic rings. The van der Waals surface area contributed by atoms with Gasteiger partial charge in [-0.3, -0.25) is 9.78 Å². The van der Waals surface area contributed by atoms with Gasteiger partial charge in [0, 0.05) is 61.3 Å². The number of hydrogen-bond donors (Lipinski definition) is 0. The number of aromatic nitrogens is 4. The Morgan fingerprint density at radius 2 is 1.62 bits per heavy atom. The van der Waals surface area contributed by atoms with Gasteiger partial charge in [-0.2, -0.15) is 0 Å². The second kappa shape index (κ2) is 8.34. The zero-order valence-electron chi connectivity index (χ0n) is 18.2. The minimum atomic E-state index is 0.0357. The summed E-state index contributed by atoms with van der Waals surface area (Å²) >= 11 is 0. The first kappa shape index (κ1) is 20.1. The molecule has 0 radical (unpaired) electrons. The van der Waals surface area contributed by atoms with Gasteiger partial charge in [-0.25, -0.2) is 15.0 Å². The molecule has 7 nitrogen and oxygen atoms in total. The van der Waals surface area contributed by atoms with Gasteiger partial charge in [-0.05, 0) is 38.1 Å². The standard InChI is InChI=1S/C25H24N6O/c1-17-15-24(28-18(2)27-17)30-11-13-31(14-12-30)25(32)21-16-23(19-7-9-26-10-8-19)29-22-6-4-3-5-20(21)22/h3-10,15-16H,11-14H2,1-2H3. The lowest BCUT2D eigenvalue weighted by molar-refractivity contribution is 0.0748. The molecule has 7 heteroatoms. The SMILES string of the molecule is Cc1cc(N2CCN(C(=O)c3cc(-c4ccncc4)nc4ccccc34)CC2)nc(C)n1. The van der Waals surface area contributed by atoms with Crippen LogP contribution < -0.4 is 4.90 Å². The van der Waals surface area contributed by atoms with Gasteiger partial charge >= 0.3 is 0 Å². The van der Waals surface area contributed by atoms with E-state index in [1.807, 2.05) is 67.3 Å². The lowest BCUT2D eigenvalue weighted by Gasteiger charge is -2.35. The summed E-state index contributed by atoms with van der Waals surface area (Å²) in [5, 5.41) is 0.875. The highest BCUT2D eigenvalue weighted by atomic mass is 16.2. The van der Waals surface area contributed by atoms with Crippen molar-refractivity contribution >= 4 is 22.6 Å². The number of pyridine rings is 2. The minimum Gasteiger partial charge on any atom is -0.353 e. The number of aryl methyl sites for hydroxylation is 2. The first-order valence-electron chi connectivity index (χ1n) is 10.8. The van der Waals surface area contributed by atoms with E-state index in [-0.39, 0.29) is 5.91 Å². The van der Waals surface area contributed by atoms with Gasteiger partial charge in [0.1, 0.15) is 11.6 Å². The second-order valence-electron chi connectivity index (χ2n) is 8.00. The summed E-state index contributed by atoms with van der Waals surface area (Å²) in [5.41, 5.74) is 4.18. The fraction of sp³-hybridized carbons (Fsp3) is 0.240. The van der Waals surface area contributed by atoms with Crippen LogP contribution in [0.25, 0.3) is 22.2 Å². The van der Waals surface area contributed by atoms with Crippen molar-refractivity contribution in [3.8, 4) is 11.3 Å². The highest BCUT2D eigenvalue weighted by Crippen LogP contribution is 2.26. The molecule has 1 aromatic carbocycles. The van der Waals surface area contributed by atoms with Crippen LogP contribution in [0.2, 0.25) is 0 Å². The molecule has 0 bridgehead atoms. The van der Waals surface area contributed by atoms with Crippen molar-refractivity contribution in [1.29, 1.82) is 0 Å². The van der Waals surface area contributed by atoms with Crippen molar-refractivity contribution in [2.45, 2.75) is 13.8 Å². The lowest BCUT2D eigenvalue weighted by atomic mass is 10.0. The Balaban J connectivity index is 1.43. The van der Waals surface area contributed by atoms with Crippen molar-refractivity contribution in [3.63, 3.8) is 0 Å². The van der Waals surface area contributed by atoms with E-state index in [1.54, 1.807) is 12.4 Å². The molecule has 3 aromatic heterocycles. The number of amides is 1. The van der Waals surface area contributed by atoms with Crippen molar-refractivity contribution in [3.05, 3.63) is 78.0 Å². The molecule has 0 atom stereocenters. The van der Waals surface area contributed by atoms with Gasteiger partial charge in [0.05, 0.1) is 16.8 Å². The number of para-hydroxylation sites is 1. The zero-order chi connectivity index (χ0) is 22.1. The van der Waals surface area contributed by atoms with E-state index in [0.717, 1.165) is 52.6 Å². The molecule has 0 spiro atoms. The third-order valence-corrected chi connectivity index (χ3v) is 5.77. The van der Waals surface area contributed by atoms with E-state index in [4.69, 9.17) is 4.98 Å². The molecule has 0 aliphatic carbocycles. The molecular weight excluding hydrogens is 400 g/mol. The van der Waals surface area contributed by atoms with Crippen LogP contribution in [-0.2, 0) is 0 Å². The molecule has 1 aliphatic heterocycles. The third-order valence-electron chi connectivity index (χ3n) is 5.77. The third kappa shape index (κ3) is 3.89. The van der Waals surface area contributed by atoms with Crippen LogP contribution >= 0.6 is 0 Å². The Kier molecular flexibility index (Phi) is 5.23. The molecule has 1 amide bonds. The lowest BCUT2D eigenvalue weighted by Crippen LogP contribution is -2.49. The predicted octanol–water partition coefficient (Wildman–Crippen LogP) is 3.67. The quantitative estimate of drug-likeness (QED) is 0.500. The monoisotopic (exact) mass is 424 g/mol. The van der Waals surface area contributed by atoms with E-state index < -0.39 is 0 Å². The fourth-order valence-electron chi connectivity index (χ4n) is 4.19. The number of carbonyl (C=O) groups is 1. The molecule has 5 rings (SSSR count). The van der Waals surface area contributed by atoms with Crippen LogP contribution in [0.15, 0.2) is 60.9 Å². The molecule has 0 unspecified atom stereocenters. The van der Waals surface area contributed by atoms with Gasteiger partial charge in [-0.15, -0.1) is 0 Å². The summed E-state index contributed by atoms with van der Waals surface area (Å²) in [7, 11) is 0. The van der Waals surface area contributed by atoms with Gasteiger partial charge < -0.3 is 9.80 Å². The van der Waals surface area contributed by atoms with Crippen molar-refractivity contribution in [2.75, 3.05) is 31.1 Å². The Morgan fingerprint density at radius 1 is 0.875 bits per heavy atom. The van der Waals surface area contributed by atoms with E-state index in [1.165, 1.54) is 0 Å². The second-order valence-corrected chi connectivity index (χ2v) is 8.00. The molecule has 4 heterocycles. The summed E-state index contributed by atoms with van der Waals surface area (Å²) in [6.07, 6.45) is 3.48. The smallest absolute Gasteiger partial charge is 0.254 e. The average molecular weight is 425 g/mol. The molecule has 0 N–H and O–H groups in total. The molecule has 0 saturated carbocycles. The molecule has 32 heavy (non-hydrogen) atoms. The van der Waals surface area contributed by atoms with Crippen LogP contribution in [0.3, 0.4) is 0 Å². The van der Waals surface area contributed by atoms with Crippen molar-refractivity contribution < 1.29 is 4.79 Å². The summed E-state index contributed by atoms with van der Waals surface area (Å²) in [4.78, 5) is 35.5. The maximum Gasteiger partial charge on any atom is 0.254 e. The fourth-order valence-corrected chi connectivity index (χ4v) is 4.19. The Morgan fingerprint density at radius 3 is 2.38 bits per heavy atom. The highest BCUT2D eigenvalue weighted by molar-refractivity contribution is 6.07. The Hall–Kier alpha value is -3.87. The van der Waals surface area contributed by atoms with Crippen molar-refractivity contribution in [1.82, 2.24) is 24.8 Å². The van der Waals surface area contributed by atoms with E-state index in [9.17, 15) is 4.79 Å². The maximum absolute atomic E-state index is 13.6. The number of carbonyl (C=O) groups excluding carboxylic acids is 1. The topological polar surface area (TPSA) is 75.1 Å². The van der Waals surface area contributed by atoms with Crippen LogP contribution in [0.1, 0.15) is 21.9 Å². The van der Waals surface area contributed by atoms with Crippen molar-refractivity contribution in [2.24, 2.45) is 0 Å². The number of hydrogen-bond acceptors (Lipinski definition) is 6. The molecular formula is C25H24N6O. The normalized spacial score (nSPS) is 14.1. The van der Waals surface area contributed by atoms with Gasteiger partial charge in [0.2, 0.25) is 0 Å². The summed E-state index contributed by atoms with van der Waals surface area (Å²) in [6.45, 7) is 6.65. The summed E-state index contributed by atoms with van der Waals surface area (Å²) in [6, 6.07) is 15.6. The molecule has 1 aliphatic rings. The number of anilines is 1. The zero-order valence-corrected chi connectivity index (χ0v) is 18.2. The first-order valence-corrected chi connectivity index (χ1v) is 10.8. The van der Waals surface area contributed by atoms with Gasteiger partial charge in [0.25, 0.3) is 5.91 Å². The largest absolute Gasteiger partial charge is 0.353 e. The van der Waals surface area contributed by atoms with Crippen LogP contribution in [0.4, 0.5) is 5.82 Å². The van der Waals surface area contributed by atoms with E-state index in [0.29, 0.717) is 18.7 Å². The van der Waals surface area contributed by atoms with E-state index in [2.05, 4.69) is 19.9 Å². The number of rotatable bonds is 3. The highest BCUT2D eigenvalue weighted by Gasteiger charge is 2.25.